The van der Waals surface area contributed by atoms with Gasteiger partial charge < -0.3 is 0 Å². The molecule has 0 saturated carbocycles. The summed E-state index contributed by atoms with van der Waals surface area (Å²) >= 11 is 1.77. The van der Waals surface area contributed by atoms with Crippen molar-refractivity contribution in [3.8, 4) is 11.3 Å². The third kappa shape index (κ3) is 4.44. The third-order valence-corrected chi connectivity index (χ3v) is 4.60. The molecule has 0 amide bonds. The first-order valence-electron chi connectivity index (χ1n) is 7.99. The maximum absolute atomic E-state index is 4.37. The number of aromatic nitrogens is 2. The van der Waals surface area contributed by atoms with E-state index in [0.717, 1.165) is 11.4 Å². The van der Waals surface area contributed by atoms with E-state index in [-0.39, 0.29) is 0 Å². The van der Waals surface area contributed by atoms with Crippen LogP contribution in [0.2, 0.25) is 0 Å². The number of H-pyrrole nitrogens is 1. The first kappa shape index (κ1) is 16.8. The lowest BCUT2D eigenvalue weighted by atomic mass is 9.92. The Morgan fingerprint density at radius 3 is 2.50 bits per heavy atom. The van der Waals surface area contributed by atoms with Crippen LogP contribution in [0.25, 0.3) is 16.8 Å². The number of hydrogen-bond donors (Lipinski definition) is 1. The first-order valence-corrected chi connectivity index (χ1v) is 8.93. The van der Waals surface area contributed by atoms with E-state index in [1.54, 1.807) is 11.3 Å². The smallest absolute Gasteiger partial charge is 0.0937 e. The van der Waals surface area contributed by atoms with Crippen molar-refractivity contribution in [3.05, 3.63) is 45.8 Å². The number of nitrogens with zero attached hydrogens (tertiary/aromatic N) is 1. The molecule has 1 aliphatic carbocycles. The second-order valence-corrected chi connectivity index (χ2v) is 6.72. The summed E-state index contributed by atoms with van der Waals surface area (Å²) in [5.74, 6) is 0. The minimum atomic E-state index is 1.07. The standard InChI is InChI=1S/C14H16N2S.C5H10/c1-10-7-14(16-15-10)13-9-17-8-12(13)11-5-3-2-4-6-11;1-4-5(2)3/h5,7-9H,2-4,6H2,1H3,(H,15,16);4H,1-3H3. The molecule has 2 aromatic heterocycles. The summed E-state index contributed by atoms with van der Waals surface area (Å²) in [7, 11) is 0. The van der Waals surface area contributed by atoms with Gasteiger partial charge in [-0.1, -0.05) is 17.7 Å². The number of hydrogen-bond acceptors (Lipinski definition) is 2. The molecule has 2 nitrogen and oxygen atoms in total. The van der Waals surface area contributed by atoms with Crippen molar-refractivity contribution in [1.29, 1.82) is 0 Å². The Kier molecular flexibility index (Phi) is 6.20. The van der Waals surface area contributed by atoms with E-state index in [0.29, 0.717) is 0 Å². The fourth-order valence-corrected chi connectivity index (χ4v) is 3.25. The summed E-state index contributed by atoms with van der Waals surface area (Å²) in [4.78, 5) is 0. The van der Waals surface area contributed by atoms with Gasteiger partial charge in [0, 0.05) is 16.6 Å². The van der Waals surface area contributed by atoms with Gasteiger partial charge in [-0.3, -0.25) is 5.10 Å². The van der Waals surface area contributed by atoms with Crippen LogP contribution in [-0.4, -0.2) is 10.2 Å². The van der Waals surface area contributed by atoms with Gasteiger partial charge in [-0.25, -0.2) is 0 Å². The molecule has 1 N–H and O–H groups in total. The Morgan fingerprint density at radius 1 is 1.23 bits per heavy atom. The van der Waals surface area contributed by atoms with Crippen molar-refractivity contribution in [1.82, 2.24) is 10.2 Å². The van der Waals surface area contributed by atoms with Crippen LogP contribution in [0.15, 0.2) is 34.6 Å². The molecule has 0 saturated heterocycles. The fourth-order valence-electron chi connectivity index (χ4n) is 2.38. The lowest BCUT2D eigenvalue weighted by Crippen LogP contribution is -1.92. The maximum atomic E-state index is 4.37. The molecule has 0 spiro atoms. The van der Waals surface area contributed by atoms with Crippen molar-refractivity contribution >= 4 is 16.9 Å². The molecule has 2 aromatic rings. The second-order valence-electron chi connectivity index (χ2n) is 5.98. The molecule has 0 radical (unpaired) electrons. The number of allylic oxidation sites excluding steroid dienone is 4. The average Bonchev–Trinajstić information content (AvgIpc) is 3.17. The number of thiophene rings is 1. The third-order valence-electron chi connectivity index (χ3n) is 3.86. The van der Waals surface area contributed by atoms with Crippen molar-refractivity contribution in [2.75, 3.05) is 0 Å². The van der Waals surface area contributed by atoms with Gasteiger partial charge in [0.1, 0.15) is 0 Å². The van der Waals surface area contributed by atoms with E-state index < -0.39 is 0 Å². The lowest BCUT2D eigenvalue weighted by molar-refractivity contribution is 0.742. The molecular formula is C19H26N2S. The quantitative estimate of drug-likeness (QED) is 0.640. The van der Waals surface area contributed by atoms with E-state index in [4.69, 9.17) is 0 Å². The normalized spacial score (nSPS) is 13.9. The van der Waals surface area contributed by atoms with Crippen LogP contribution in [0.4, 0.5) is 0 Å². The summed E-state index contributed by atoms with van der Waals surface area (Å²) in [6, 6.07) is 2.12. The molecule has 0 aromatic carbocycles. The highest BCUT2D eigenvalue weighted by atomic mass is 32.1. The molecule has 2 heterocycles. The average molecular weight is 314 g/mol. The van der Waals surface area contributed by atoms with Crippen LogP contribution >= 0.6 is 11.3 Å². The molecule has 0 fully saturated rings. The maximum Gasteiger partial charge on any atom is 0.0937 e. The first-order chi connectivity index (χ1) is 10.6. The highest BCUT2D eigenvalue weighted by molar-refractivity contribution is 7.08. The van der Waals surface area contributed by atoms with Crippen molar-refractivity contribution in [2.24, 2.45) is 0 Å². The fraction of sp³-hybridized carbons (Fsp3) is 0.421. The Morgan fingerprint density at radius 2 is 1.95 bits per heavy atom. The minimum Gasteiger partial charge on any atom is -0.282 e. The highest BCUT2D eigenvalue weighted by Crippen LogP contribution is 2.35. The van der Waals surface area contributed by atoms with E-state index in [9.17, 15) is 0 Å². The van der Waals surface area contributed by atoms with Crippen LogP contribution in [0, 0.1) is 6.92 Å². The largest absolute Gasteiger partial charge is 0.282 e. The lowest BCUT2D eigenvalue weighted by Gasteiger charge is -2.12. The van der Waals surface area contributed by atoms with Gasteiger partial charge in [-0.15, -0.1) is 0 Å². The van der Waals surface area contributed by atoms with Crippen LogP contribution in [-0.2, 0) is 0 Å². The van der Waals surface area contributed by atoms with Crippen molar-refractivity contribution in [2.45, 2.75) is 53.4 Å². The van der Waals surface area contributed by atoms with Gasteiger partial charge >= 0.3 is 0 Å². The second kappa shape index (κ2) is 8.14. The van der Waals surface area contributed by atoms with Crippen molar-refractivity contribution < 1.29 is 0 Å². The van der Waals surface area contributed by atoms with Crippen LogP contribution in [0.5, 0.6) is 0 Å². The molecule has 22 heavy (non-hydrogen) atoms. The van der Waals surface area contributed by atoms with Crippen molar-refractivity contribution in [3.63, 3.8) is 0 Å². The van der Waals surface area contributed by atoms with E-state index >= 15 is 0 Å². The van der Waals surface area contributed by atoms with Gasteiger partial charge in [0.25, 0.3) is 0 Å². The molecule has 3 rings (SSSR count). The summed E-state index contributed by atoms with van der Waals surface area (Å²) in [5, 5.41) is 11.9. The molecule has 0 unspecified atom stereocenters. The summed E-state index contributed by atoms with van der Waals surface area (Å²) in [5.41, 5.74) is 7.76. The van der Waals surface area contributed by atoms with Gasteiger partial charge in [0.05, 0.1) is 5.69 Å². The predicted octanol–water partition coefficient (Wildman–Crippen LogP) is 6.38. The Bertz CT molecular complexity index is 655. The van der Waals surface area contributed by atoms with E-state index in [2.05, 4.69) is 53.0 Å². The van der Waals surface area contributed by atoms with E-state index in [1.807, 2.05) is 13.8 Å². The molecule has 1 aliphatic rings. The monoisotopic (exact) mass is 314 g/mol. The zero-order chi connectivity index (χ0) is 15.9. The topological polar surface area (TPSA) is 28.7 Å². The Labute approximate surface area is 138 Å². The van der Waals surface area contributed by atoms with Gasteiger partial charge in [-0.05, 0) is 76.0 Å². The summed E-state index contributed by atoms with van der Waals surface area (Å²) in [6.45, 7) is 8.25. The molecule has 3 heteroatoms. The SMILES string of the molecule is CC=C(C)C.Cc1cc(-c2cscc2C2=CCCCC2)n[nH]1. The number of aryl methyl sites for hydroxylation is 1. The number of nitrogens with one attached hydrogen (secondary N) is 1. The molecule has 0 bridgehead atoms. The zero-order valence-electron chi connectivity index (χ0n) is 14.1. The minimum absolute atomic E-state index is 1.07. The number of rotatable bonds is 2. The van der Waals surface area contributed by atoms with Gasteiger partial charge in [0.2, 0.25) is 0 Å². The highest BCUT2D eigenvalue weighted by Gasteiger charge is 2.14. The molecule has 0 atom stereocenters. The van der Waals surface area contributed by atoms with Crippen LogP contribution < -0.4 is 0 Å². The molecule has 0 aliphatic heterocycles. The molecule has 118 valence electrons. The summed E-state index contributed by atoms with van der Waals surface area (Å²) < 4.78 is 0. The Hall–Kier alpha value is -1.61. The Balaban J connectivity index is 0.000000309. The summed E-state index contributed by atoms with van der Waals surface area (Å²) in [6.07, 6.45) is 9.58. The number of aromatic amines is 1. The zero-order valence-corrected chi connectivity index (χ0v) is 14.9. The van der Waals surface area contributed by atoms with E-state index in [1.165, 1.54) is 48.0 Å². The van der Waals surface area contributed by atoms with Crippen LogP contribution in [0.1, 0.15) is 57.7 Å². The van der Waals surface area contributed by atoms with Gasteiger partial charge in [-0.2, -0.15) is 16.4 Å². The predicted molar refractivity (Wildman–Crippen MR) is 98.2 cm³/mol. The van der Waals surface area contributed by atoms with Crippen LogP contribution in [0.3, 0.4) is 0 Å². The molecular weight excluding hydrogens is 288 g/mol. The van der Waals surface area contributed by atoms with Gasteiger partial charge in [0.15, 0.2) is 0 Å².